The summed E-state index contributed by atoms with van der Waals surface area (Å²) in [7, 11) is 0. The molecule has 3 heteroatoms. The standard InChI is InChI=1S/C17H24N2O/c1-17(2)8-3-10-19(11-9-17)13-16(20)15-6-4-14(12-18)5-7-15/h4-7,16,20H,3,8-11,13H2,1-2H3. The Kier molecular flexibility index (Phi) is 4.80. The lowest BCUT2D eigenvalue weighted by Gasteiger charge is -2.25. The van der Waals surface area contributed by atoms with Crippen molar-refractivity contribution in [2.75, 3.05) is 19.6 Å². The van der Waals surface area contributed by atoms with E-state index in [0.717, 1.165) is 18.7 Å². The second-order valence-electron chi connectivity index (χ2n) is 6.57. The van der Waals surface area contributed by atoms with Crippen LogP contribution in [0.2, 0.25) is 0 Å². The Balaban J connectivity index is 1.93. The highest BCUT2D eigenvalue weighted by Crippen LogP contribution is 2.30. The average Bonchev–Trinajstić information content (AvgIpc) is 2.60. The highest BCUT2D eigenvalue weighted by molar-refractivity contribution is 5.32. The van der Waals surface area contributed by atoms with Crippen LogP contribution in [0.1, 0.15) is 50.3 Å². The van der Waals surface area contributed by atoms with E-state index in [0.29, 0.717) is 17.5 Å². The Morgan fingerprint density at radius 3 is 2.60 bits per heavy atom. The predicted octanol–water partition coefficient (Wildman–Crippen LogP) is 3.10. The molecule has 1 saturated heterocycles. The Labute approximate surface area is 121 Å². The molecule has 1 heterocycles. The fraction of sp³-hybridized carbons (Fsp3) is 0.588. The molecule has 1 aliphatic heterocycles. The second-order valence-corrected chi connectivity index (χ2v) is 6.57. The van der Waals surface area contributed by atoms with E-state index in [2.05, 4.69) is 24.8 Å². The number of nitrogens with zero attached hydrogens (tertiary/aromatic N) is 2. The average molecular weight is 272 g/mol. The van der Waals surface area contributed by atoms with Crippen molar-refractivity contribution in [3.8, 4) is 6.07 Å². The number of aliphatic hydroxyl groups is 1. The molecule has 0 spiro atoms. The zero-order chi connectivity index (χ0) is 14.6. The maximum absolute atomic E-state index is 10.3. The van der Waals surface area contributed by atoms with E-state index in [4.69, 9.17) is 5.26 Å². The first-order valence-electron chi connectivity index (χ1n) is 7.41. The Morgan fingerprint density at radius 2 is 1.95 bits per heavy atom. The quantitative estimate of drug-likeness (QED) is 0.919. The molecule has 1 aromatic carbocycles. The maximum Gasteiger partial charge on any atom is 0.0991 e. The van der Waals surface area contributed by atoms with Crippen LogP contribution in [0, 0.1) is 16.7 Å². The summed E-state index contributed by atoms with van der Waals surface area (Å²) in [5.74, 6) is 0. The molecule has 2 rings (SSSR count). The predicted molar refractivity (Wildman–Crippen MR) is 80.2 cm³/mol. The first kappa shape index (κ1) is 15.0. The topological polar surface area (TPSA) is 47.3 Å². The van der Waals surface area contributed by atoms with Gasteiger partial charge in [0.15, 0.2) is 0 Å². The van der Waals surface area contributed by atoms with E-state index in [-0.39, 0.29) is 0 Å². The van der Waals surface area contributed by atoms with Crippen molar-refractivity contribution in [1.29, 1.82) is 5.26 Å². The number of hydrogen-bond donors (Lipinski definition) is 1. The van der Waals surface area contributed by atoms with Gasteiger partial charge < -0.3 is 10.0 Å². The number of aliphatic hydroxyl groups excluding tert-OH is 1. The van der Waals surface area contributed by atoms with Gasteiger partial charge in [-0.05, 0) is 55.5 Å². The van der Waals surface area contributed by atoms with E-state index in [1.54, 1.807) is 12.1 Å². The third-order valence-electron chi connectivity index (χ3n) is 4.29. The molecule has 1 fully saturated rings. The van der Waals surface area contributed by atoms with Gasteiger partial charge in [-0.1, -0.05) is 26.0 Å². The number of hydrogen-bond acceptors (Lipinski definition) is 3. The maximum atomic E-state index is 10.3. The van der Waals surface area contributed by atoms with Gasteiger partial charge in [0, 0.05) is 6.54 Å². The van der Waals surface area contributed by atoms with Gasteiger partial charge >= 0.3 is 0 Å². The molecule has 0 radical (unpaired) electrons. The second kappa shape index (κ2) is 6.39. The van der Waals surface area contributed by atoms with Crippen molar-refractivity contribution in [3.05, 3.63) is 35.4 Å². The van der Waals surface area contributed by atoms with Gasteiger partial charge in [-0.15, -0.1) is 0 Å². The molecule has 108 valence electrons. The lowest BCUT2D eigenvalue weighted by Crippen LogP contribution is -2.30. The number of nitriles is 1. The minimum Gasteiger partial charge on any atom is -0.387 e. The fourth-order valence-electron chi connectivity index (χ4n) is 2.79. The Hall–Kier alpha value is -1.37. The summed E-state index contributed by atoms with van der Waals surface area (Å²) < 4.78 is 0. The molecule has 0 saturated carbocycles. The van der Waals surface area contributed by atoms with Gasteiger partial charge in [-0.3, -0.25) is 0 Å². The van der Waals surface area contributed by atoms with Crippen LogP contribution in [0.25, 0.3) is 0 Å². The number of benzene rings is 1. The largest absolute Gasteiger partial charge is 0.387 e. The molecule has 1 atom stereocenters. The summed E-state index contributed by atoms with van der Waals surface area (Å²) >= 11 is 0. The molecule has 1 unspecified atom stereocenters. The van der Waals surface area contributed by atoms with Crippen LogP contribution < -0.4 is 0 Å². The van der Waals surface area contributed by atoms with E-state index in [1.165, 1.54) is 19.3 Å². The van der Waals surface area contributed by atoms with Crippen LogP contribution in [-0.4, -0.2) is 29.6 Å². The van der Waals surface area contributed by atoms with Crippen LogP contribution >= 0.6 is 0 Å². The van der Waals surface area contributed by atoms with E-state index < -0.39 is 6.10 Å². The molecule has 1 aliphatic rings. The third-order valence-corrected chi connectivity index (χ3v) is 4.29. The zero-order valence-corrected chi connectivity index (χ0v) is 12.5. The van der Waals surface area contributed by atoms with Gasteiger partial charge in [0.2, 0.25) is 0 Å². The van der Waals surface area contributed by atoms with Gasteiger partial charge in [0.25, 0.3) is 0 Å². The molecule has 20 heavy (non-hydrogen) atoms. The van der Waals surface area contributed by atoms with Crippen molar-refractivity contribution in [3.63, 3.8) is 0 Å². The SMILES string of the molecule is CC1(C)CCCN(CC(O)c2ccc(C#N)cc2)CC1. The van der Waals surface area contributed by atoms with Crippen LogP contribution in [-0.2, 0) is 0 Å². The van der Waals surface area contributed by atoms with Gasteiger partial charge in [0.05, 0.1) is 17.7 Å². The van der Waals surface area contributed by atoms with Gasteiger partial charge in [0.1, 0.15) is 0 Å². The van der Waals surface area contributed by atoms with Crippen LogP contribution in [0.5, 0.6) is 0 Å². The van der Waals surface area contributed by atoms with Gasteiger partial charge in [-0.25, -0.2) is 0 Å². The fourth-order valence-corrected chi connectivity index (χ4v) is 2.79. The summed E-state index contributed by atoms with van der Waals surface area (Å²) in [6.07, 6.45) is 3.18. The Morgan fingerprint density at radius 1 is 1.25 bits per heavy atom. The molecule has 1 N–H and O–H groups in total. The zero-order valence-electron chi connectivity index (χ0n) is 12.5. The van der Waals surface area contributed by atoms with Crippen molar-refractivity contribution in [1.82, 2.24) is 4.90 Å². The minimum atomic E-state index is -0.469. The smallest absolute Gasteiger partial charge is 0.0991 e. The van der Waals surface area contributed by atoms with Crippen molar-refractivity contribution < 1.29 is 5.11 Å². The van der Waals surface area contributed by atoms with Crippen LogP contribution in [0.3, 0.4) is 0 Å². The summed E-state index contributed by atoms with van der Waals surface area (Å²) in [5.41, 5.74) is 1.96. The normalized spacial score (nSPS) is 20.9. The summed E-state index contributed by atoms with van der Waals surface area (Å²) in [6.45, 7) is 7.46. The molecule has 0 bridgehead atoms. The minimum absolute atomic E-state index is 0.425. The van der Waals surface area contributed by atoms with Crippen LogP contribution in [0.4, 0.5) is 0 Å². The molecule has 0 aromatic heterocycles. The van der Waals surface area contributed by atoms with Crippen LogP contribution in [0.15, 0.2) is 24.3 Å². The van der Waals surface area contributed by atoms with E-state index >= 15 is 0 Å². The number of β-amino-alcohol motifs (C(OH)–C–C–N with tert-alkyl or cyclic N) is 1. The molecule has 1 aromatic rings. The van der Waals surface area contributed by atoms with E-state index in [1.807, 2.05) is 12.1 Å². The van der Waals surface area contributed by atoms with Crippen molar-refractivity contribution >= 4 is 0 Å². The molecular formula is C17H24N2O. The third kappa shape index (κ3) is 4.06. The lowest BCUT2D eigenvalue weighted by atomic mass is 9.85. The summed E-state index contributed by atoms with van der Waals surface area (Å²) in [4.78, 5) is 2.36. The number of likely N-dealkylation sites (tertiary alicyclic amines) is 1. The Bertz CT molecular complexity index is 473. The monoisotopic (exact) mass is 272 g/mol. The highest BCUT2D eigenvalue weighted by Gasteiger charge is 2.24. The van der Waals surface area contributed by atoms with Gasteiger partial charge in [-0.2, -0.15) is 5.26 Å². The van der Waals surface area contributed by atoms with Crippen molar-refractivity contribution in [2.24, 2.45) is 5.41 Å². The van der Waals surface area contributed by atoms with E-state index in [9.17, 15) is 5.11 Å². The highest BCUT2D eigenvalue weighted by atomic mass is 16.3. The summed E-state index contributed by atoms with van der Waals surface area (Å²) in [6, 6.07) is 9.34. The molecule has 0 amide bonds. The first-order chi connectivity index (χ1) is 9.50. The summed E-state index contributed by atoms with van der Waals surface area (Å²) in [5, 5.41) is 19.1. The molecule has 0 aliphatic carbocycles. The molecular weight excluding hydrogens is 248 g/mol. The molecule has 3 nitrogen and oxygen atoms in total. The van der Waals surface area contributed by atoms with Crippen molar-refractivity contribution in [2.45, 2.75) is 39.2 Å². The first-order valence-corrected chi connectivity index (χ1v) is 7.41. The lowest BCUT2D eigenvalue weighted by molar-refractivity contribution is 0.113. The number of rotatable bonds is 3.